The SMILES string of the molecule is COc1ccc(Cc2nc3ccccc3n2CC(=O)c2ccc(Cl)cc2)cc1OC. The molecule has 0 amide bonds. The minimum Gasteiger partial charge on any atom is -0.493 e. The molecule has 0 saturated carbocycles. The predicted octanol–water partition coefficient (Wildman–Crippen LogP) is 5.18. The Kier molecular flexibility index (Phi) is 5.72. The molecule has 1 aromatic heterocycles. The maximum Gasteiger partial charge on any atom is 0.182 e. The third-order valence-corrected chi connectivity index (χ3v) is 5.26. The van der Waals surface area contributed by atoms with E-state index in [2.05, 4.69) is 0 Å². The quantitative estimate of drug-likeness (QED) is 0.386. The molecule has 3 aromatic carbocycles. The van der Waals surface area contributed by atoms with E-state index in [1.54, 1.807) is 38.5 Å². The average Bonchev–Trinajstić information content (AvgIpc) is 3.11. The molecule has 5 nitrogen and oxygen atoms in total. The lowest BCUT2D eigenvalue weighted by atomic mass is 10.1. The summed E-state index contributed by atoms with van der Waals surface area (Å²) in [5, 5.41) is 0.605. The van der Waals surface area contributed by atoms with Gasteiger partial charge in [-0.2, -0.15) is 0 Å². The number of halogens is 1. The molecule has 0 spiro atoms. The van der Waals surface area contributed by atoms with E-state index in [1.807, 2.05) is 47.0 Å². The van der Waals surface area contributed by atoms with Crippen molar-refractivity contribution in [3.05, 3.63) is 88.7 Å². The van der Waals surface area contributed by atoms with Crippen LogP contribution >= 0.6 is 11.6 Å². The molecular formula is C24H21ClN2O3. The minimum atomic E-state index is 0.00313. The fraction of sp³-hybridized carbons (Fsp3) is 0.167. The maximum atomic E-state index is 12.9. The van der Waals surface area contributed by atoms with Crippen LogP contribution in [0.5, 0.6) is 11.5 Å². The topological polar surface area (TPSA) is 53.4 Å². The Bertz CT molecular complexity index is 1200. The number of para-hydroxylation sites is 2. The van der Waals surface area contributed by atoms with Gasteiger partial charge in [0.25, 0.3) is 0 Å². The van der Waals surface area contributed by atoms with E-state index in [0.717, 1.165) is 22.4 Å². The highest BCUT2D eigenvalue weighted by Crippen LogP contribution is 2.29. The van der Waals surface area contributed by atoms with E-state index in [0.29, 0.717) is 28.5 Å². The zero-order valence-electron chi connectivity index (χ0n) is 16.8. The molecule has 0 atom stereocenters. The number of benzene rings is 3. The second kappa shape index (κ2) is 8.59. The zero-order valence-corrected chi connectivity index (χ0v) is 17.5. The molecule has 4 aromatic rings. The second-order valence-corrected chi connectivity index (χ2v) is 7.34. The smallest absolute Gasteiger partial charge is 0.182 e. The molecule has 4 rings (SSSR count). The monoisotopic (exact) mass is 420 g/mol. The van der Waals surface area contributed by atoms with E-state index in [1.165, 1.54) is 0 Å². The van der Waals surface area contributed by atoms with Crippen molar-refractivity contribution in [2.45, 2.75) is 13.0 Å². The lowest BCUT2D eigenvalue weighted by Crippen LogP contribution is -2.13. The predicted molar refractivity (Wildman–Crippen MR) is 118 cm³/mol. The number of ether oxygens (including phenoxy) is 2. The van der Waals surface area contributed by atoms with Crippen molar-refractivity contribution in [1.29, 1.82) is 0 Å². The Morgan fingerprint density at radius 2 is 1.70 bits per heavy atom. The third-order valence-electron chi connectivity index (χ3n) is 5.01. The Balaban J connectivity index is 1.70. The summed E-state index contributed by atoms with van der Waals surface area (Å²) >= 11 is 5.95. The number of ketones is 1. The maximum absolute atomic E-state index is 12.9. The Labute approximate surface area is 179 Å². The van der Waals surface area contributed by atoms with Crippen LogP contribution in [0, 0.1) is 0 Å². The van der Waals surface area contributed by atoms with E-state index in [4.69, 9.17) is 26.1 Å². The van der Waals surface area contributed by atoms with Gasteiger partial charge in [0.15, 0.2) is 17.3 Å². The molecule has 0 N–H and O–H groups in total. The number of imidazole rings is 1. The molecule has 0 saturated heterocycles. The van der Waals surface area contributed by atoms with Crippen LogP contribution in [0.25, 0.3) is 11.0 Å². The molecular weight excluding hydrogens is 400 g/mol. The molecule has 0 aliphatic heterocycles. The highest BCUT2D eigenvalue weighted by Gasteiger charge is 2.16. The lowest BCUT2D eigenvalue weighted by molar-refractivity contribution is 0.0972. The van der Waals surface area contributed by atoms with Gasteiger partial charge in [-0.25, -0.2) is 4.98 Å². The van der Waals surface area contributed by atoms with Gasteiger partial charge < -0.3 is 14.0 Å². The first kappa shape index (κ1) is 20.0. The number of aromatic nitrogens is 2. The van der Waals surface area contributed by atoms with Gasteiger partial charge in [-0.1, -0.05) is 29.8 Å². The van der Waals surface area contributed by atoms with Crippen LogP contribution < -0.4 is 9.47 Å². The van der Waals surface area contributed by atoms with Gasteiger partial charge in [0.1, 0.15) is 5.82 Å². The number of hydrogen-bond donors (Lipinski definition) is 0. The van der Waals surface area contributed by atoms with Gasteiger partial charge in [0.05, 0.1) is 31.8 Å². The van der Waals surface area contributed by atoms with Crippen LogP contribution in [0.15, 0.2) is 66.7 Å². The summed E-state index contributed by atoms with van der Waals surface area (Å²) in [5.41, 5.74) is 3.42. The van der Waals surface area contributed by atoms with Gasteiger partial charge >= 0.3 is 0 Å². The number of methoxy groups -OCH3 is 2. The first-order chi connectivity index (χ1) is 14.6. The van der Waals surface area contributed by atoms with Crippen molar-refractivity contribution in [2.24, 2.45) is 0 Å². The van der Waals surface area contributed by atoms with Gasteiger partial charge in [0, 0.05) is 17.0 Å². The first-order valence-electron chi connectivity index (χ1n) is 9.53. The number of rotatable bonds is 7. The standard InChI is InChI=1S/C24H21ClN2O3/c1-29-22-12-7-16(13-23(22)30-2)14-24-26-19-5-3-4-6-20(19)27(24)15-21(28)17-8-10-18(25)11-9-17/h3-13H,14-15H2,1-2H3. The fourth-order valence-corrected chi connectivity index (χ4v) is 3.61. The largest absolute Gasteiger partial charge is 0.493 e. The second-order valence-electron chi connectivity index (χ2n) is 6.90. The average molecular weight is 421 g/mol. The summed E-state index contributed by atoms with van der Waals surface area (Å²) in [6, 6.07) is 20.6. The Morgan fingerprint density at radius 3 is 2.43 bits per heavy atom. The summed E-state index contributed by atoms with van der Waals surface area (Å²) in [5.74, 6) is 2.15. The molecule has 0 bridgehead atoms. The van der Waals surface area contributed by atoms with Crippen molar-refractivity contribution in [1.82, 2.24) is 9.55 Å². The van der Waals surface area contributed by atoms with E-state index < -0.39 is 0 Å². The first-order valence-corrected chi connectivity index (χ1v) is 9.90. The minimum absolute atomic E-state index is 0.00313. The van der Waals surface area contributed by atoms with Crippen LogP contribution in [0.3, 0.4) is 0 Å². The van der Waals surface area contributed by atoms with Crippen LogP contribution in [-0.2, 0) is 13.0 Å². The molecule has 30 heavy (non-hydrogen) atoms. The van der Waals surface area contributed by atoms with Crippen molar-refractivity contribution in [2.75, 3.05) is 14.2 Å². The number of fused-ring (bicyclic) bond motifs is 1. The fourth-order valence-electron chi connectivity index (χ4n) is 3.48. The number of nitrogens with zero attached hydrogens (tertiary/aromatic N) is 2. The normalized spacial score (nSPS) is 10.9. The number of hydrogen-bond acceptors (Lipinski definition) is 4. The van der Waals surface area contributed by atoms with Crippen molar-refractivity contribution >= 4 is 28.4 Å². The van der Waals surface area contributed by atoms with Gasteiger partial charge in [-0.05, 0) is 54.1 Å². The third kappa shape index (κ3) is 4.02. The van der Waals surface area contributed by atoms with Crippen LogP contribution in [0.4, 0.5) is 0 Å². The molecule has 152 valence electrons. The van der Waals surface area contributed by atoms with E-state index in [9.17, 15) is 4.79 Å². The number of carbonyl (C=O) groups is 1. The van der Waals surface area contributed by atoms with Crippen LogP contribution in [-0.4, -0.2) is 29.6 Å². The molecule has 0 unspecified atom stereocenters. The summed E-state index contributed by atoms with van der Waals surface area (Å²) in [4.78, 5) is 17.7. The van der Waals surface area contributed by atoms with E-state index >= 15 is 0 Å². The number of Topliss-reactive ketones (excluding diaryl/α,β-unsaturated/α-hetero) is 1. The molecule has 0 aliphatic carbocycles. The molecule has 0 aliphatic rings. The lowest BCUT2D eigenvalue weighted by Gasteiger charge is -2.11. The molecule has 0 fully saturated rings. The Morgan fingerprint density at radius 1 is 0.967 bits per heavy atom. The van der Waals surface area contributed by atoms with Crippen LogP contribution in [0.1, 0.15) is 21.7 Å². The van der Waals surface area contributed by atoms with E-state index in [-0.39, 0.29) is 12.3 Å². The summed E-state index contributed by atoms with van der Waals surface area (Å²) in [6.07, 6.45) is 0.558. The van der Waals surface area contributed by atoms with Gasteiger partial charge in [0.2, 0.25) is 0 Å². The van der Waals surface area contributed by atoms with Gasteiger partial charge in [-0.3, -0.25) is 4.79 Å². The van der Waals surface area contributed by atoms with Crippen molar-refractivity contribution in [3.63, 3.8) is 0 Å². The van der Waals surface area contributed by atoms with Crippen LogP contribution in [0.2, 0.25) is 5.02 Å². The number of carbonyl (C=O) groups excluding carboxylic acids is 1. The highest BCUT2D eigenvalue weighted by atomic mass is 35.5. The van der Waals surface area contributed by atoms with Gasteiger partial charge in [-0.15, -0.1) is 0 Å². The molecule has 1 heterocycles. The molecule has 6 heteroatoms. The van der Waals surface area contributed by atoms with Crippen molar-refractivity contribution in [3.8, 4) is 11.5 Å². The summed E-state index contributed by atoms with van der Waals surface area (Å²) in [7, 11) is 3.22. The van der Waals surface area contributed by atoms with Crippen molar-refractivity contribution < 1.29 is 14.3 Å². The summed E-state index contributed by atoms with van der Waals surface area (Å²) in [6.45, 7) is 0.199. The Hall–Kier alpha value is -3.31. The molecule has 0 radical (unpaired) electrons. The zero-order chi connectivity index (χ0) is 21.1. The highest BCUT2D eigenvalue weighted by molar-refractivity contribution is 6.30. The summed E-state index contributed by atoms with van der Waals surface area (Å²) < 4.78 is 12.7.